The molecule has 1 aromatic carbocycles. The zero-order valence-corrected chi connectivity index (χ0v) is 12.0. The molecular formula is C14H17BrO2. The molecule has 0 spiro atoms. The van der Waals surface area contributed by atoms with E-state index >= 15 is 0 Å². The number of allylic oxidation sites excluding steroid dienone is 1. The van der Waals surface area contributed by atoms with Gasteiger partial charge in [-0.15, -0.1) is 0 Å². The van der Waals surface area contributed by atoms with Gasteiger partial charge in [0.05, 0.1) is 6.42 Å². The summed E-state index contributed by atoms with van der Waals surface area (Å²) in [5.74, 6) is -0.785. The Morgan fingerprint density at radius 2 is 2.00 bits per heavy atom. The second-order valence-corrected chi connectivity index (χ2v) is 5.88. The van der Waals surface area contributed by atoms with Crippen molar-refractivity contribution in [3.05, 3.63) is 40.4 Å². The summed E-state index contributed by atoms with van der Waals surface area (Å²) in [5.41, 5.74) is 2.62. The third-order valence-corrected chi connectivity index (χ3v) is 3.22. The van der Waals surface area contributed by atoms with E-state index in [2.05, 4.69) is 22.5 Å². The maximum atomic E-state index is 10.9. The number of hydrogen-bond acceptors (Lipinski definition) is 1. The van der Waals surface area contributed by atoms with Gasteiger partial charge in [-0.3, -0.25) is 4.79 Å². The largest absolute Gasteiger partial charge is 0.481 e. The van der Waals surface area contributed by atoms with Gasteiger partial charge in [-0.2, -0.15) is 0 Å². The van der Waals surface area contributed by atoms with Gasteiger partial charge in [0, 0.05) is 9.89 Å². The van der Waals surface area contributed by atoms with Crippen LogP contribution in [0.4, 0.5) is 0 Å². The highest BCUT2D eigenvalue weighted by Crippen LogP contribution is 2.31. The Balaban J connectivity index is 3.21. The maximum absolute atomic E-state index is 10.9. The number of carbonyl (C=O) groups is 1. The van der Waals surface area contributed by atoms with Crippen molar-refractivity contribution in [2.24, 2.45) is 0 Å². The molecule has 2 nitrogen and oxygen atoms in total. The molecule has 0 saturated carbocycles. The predicted molar refractivity (Wildman–Crippen MR) is 74.1 cm³/mol. The zero-order chi connectivity index (χ0) is 13.2. The smallest absolute Gasteiger partial charge is 0.304 e. The Bertz CT molecular complexity index is 461. The fraction of sp³-hybridized carbons (Fsp3) is 0.357. The highest BCUT2D eigenvalue weighted by molar-refractivity contribution is 9.10. The van der Waals surface area contributed by atoms with Crippen molar-refractivity contribution in [2.75, 3.05) is 0 Å². The van der Waals surface area contributed by atoms with Gasteiger partial charge in [-0.05, 0) is 30.2 Å². The molecular weight excluding hydrogens is 280 g/mol. The Labute approximate surface area is 110 Å². The summed E-state index contributed by atoms with van der Waals surface area (Å²) in [4.78, 5) is 10.9. The van der Waals surface area contributed by atoms with Gasteiger partial charge >= 0.3 is 5.97 Å². The first-order valence-electron chi connectivity index (χ1n) is 5.41. The van der Waals surface area contributed by atoms with Crippen LogP contribution in [0, 0.1) is 0 Å². The van der Waals surface area contributed by atoms with E-state index in [1.54, 1.807) is 0 Å². The lowest BCUT2D eigenvalue weighted by Gasteiger charge is -2.24. The third-order valence-electron chi connectivity index (χ3n) is 2.77. The molecule has 0 aromatic heterocycles. The predicted octanol–water partition coefficient (Wildman–Crippen LogP) is 4.23. The highest BCUT2D eigenvalue weighted by atomic mass is 79.9. The fourth-order valence-corrected chi connectivity index (χ4v) is 2.20. The zero-order valence-electron chi connectivity index (χ0n) is 10.4. The van der Waals surface area contributed by atoms with Crippen LogP contribution in [-0.2, 0) is 10.2 Å². The molecule has 3 heteroatoms. The summed E-state index contributed by atoms with van der Waals surface area (Å²) in [6.07, 6.45) is 0.110. The summed E-state index contributed by atoms with van der Waals surface area (Å²) in [6, 6.07) is 5.97. The van der Waals surface area contributed by atoms with Gasteiger partial charge in [0.25, 0.3) is 0 Å². The normalized spacial score (nSPS) is 11.3. The van der Waals surface area contributed by atoms with Gasteiger partial charge in [0.1, 0.15) is 0 Å². The number of hydrogen-bond donors (Lipinski definition) is 1. The average Bonchev–Trinajstić information content (AvgIpc) is 2.14. The Hall–Kier alpha value is -1.09. The lowest BCUT2D eigenvalue weighted by molar-refractivity contribution is -0.138. The van der Waals surface area contributed by atoms with Gasteiger partial charge in [-0.25, -0.2) is 0 Å². The van der Waals surface area contributed by atoms with Crippen molar-refractivity contribution in [3.63, 3.8) is 0 Å². The van der Waals surface area contributed by atoms with Crippen LogP contribution in [0.1, 0.15) is 38.3 Å². The molecule has 0 fully saturated rings. The molecule has 0 unspecified atom stereocenters. The van der Waals surface area contributed by atoms with Crippen molar-refractivity contribution in [2.45, 2.75) is 32.6 Å². The van der Waals surface area contributed by atoms with Crippen LogP contribution < -0.4 is 0 Å². The van der Waals surface area contributed by atoms with E-state index in [1.165, 1.54) is 0 Å². The summed E-state index contributed by atoms with van der Waals surface area (Å²) >= 11 is 3.45. The van der Waals surface area contributed by atoms with Crippen molar-refractivity contribution < 1.29 is 9.90 Å². The first-order valence-corrected chi connectivity index (χ1v) is 6.20. The molecule has 0 aliphatic heterocycles. The van der Waals surface area contributed by atoms with E-state index in [9.17, 15) is 4.79 Å². The minimum atomic E-state index is -0.785. The maximum Gasteiger partial charge on any atom is 0.304 e. The van der Waals surface area contributed by atoms with E-state index < -0.39 is 5.97 Å². The molecule has 0 amide bonds. The van der Waals surface area contributed by atoms with Crippen LogP contribution in [0.5, 0.6) is 0 Å². The van der Waals surface area contributed by atoms with Crippen LogP contribution in [0.3, 0.4) is 0 Å². The lowest BCUT2D eigenvalue weighted by atomic mass is 9.80. The molecule has 17 heavy (non-hydrogen) atoms. The SMILES string of the molecule is C=C(C)c1cc(Br)cc(C(C)(C)CC(=O)O)c1. The molecule has 0 aliphatic rings. The summed E-state index contributed by atoms with van der Waals surface area (Å²) in [5, 5.41) is 8.93. The van der Waals surface area contributed by atoms with Crippen LogP contribution >= 0.6 is 15.9 Å². The molecule has 1 N–H and O–H groups in total. The highest BCUT2D eigenvalue weighted by Gasteiger charge is 2.24. The fourth-order valence-electron chi connectivity index (χ4n) is 1.71. The molecule has 0 atom stereocenters. The number of benzene rings is 1. The molecule has 0 saturated heterocycles. The number of carboxylic acid groups (broad SMARTS) is 1. The second kappa shape index (κ2) is 5.05. The third kappa shape index (κ3) is 3.70. The van der Waals surface area contributed by atoms with Crippen LogP contribution in [0.25, 0.3) is 5.57 Å². The second-order valence-electron chi connectivity index (χ2n) is 4.96. The minimum Gasteiger partial charge on any atom is -0.481 e. The monoisotopic (exact) mass is 296 g/mol. The van der Waals surface area contributed by atoms with E-state index in [0.29, 0.717) is 0 Å². The van der Waals surface area contributed by atoms with Crippen LogP contribution in [-0.4, -0.2) is 11.1 Å². The van der Waals surface area contributed by atoms with Crippen molar-refractivity contribution in [3.8, 4) is 0 Å². The summed E-state index contributed by atoms with van der Waals surface area (Å²) in [6.45, 7) is 9.72. The van der Waals surface area contributed by atoms with Crippen molar-refractivity contribution >= 4 is 27.5 Å². The Morgan fingerprint density at radius 3 is 2.47 bits per heavy atom. The lowest BCUT2D eigenvalue weighted by Crippen LogP contribution is -2.21. The molecule has 0 heterocycles. The number of carboxylic acids is 1. The van der Waals surface area contributed by atoms with Crippen LogP contribution in [0.2, 0.25) is 0 Å². The van der Waals surface area contributed by atoms with Crippen molar-refractivity contribution in [1.82, 2.24) is 0 Å². The van der Waals surface area contributed by atoms with E-state index in [0.717, 1.165) is 21.2 Å². The topological polar surface area (TPSA) is 37.3 Å². The van der Waals surface area contributed by atoms with E-state index in [4.69, 9.17) is 5.11 Å². The standard InChI is InChI=1S/C14H17BrO2/c1-9(2)10-5-11(7-12(15)6-10)14(3,4)8-13(16)17/h5-7H,1,8H2,2-4H3,(H,16,17). The molecule has 0 aliphatic carbocycles. The first kappa shape index (κ1) is 14.0. The van der Waals surface area contributed by atoms with Gasteiger partial charge in [-0.1, -0.05) is 48.0 Å². The average molecular weight is 297 g/mol. The van der Waals surface area contributed by atoms with Gasteiger partial charge in [0.15, 0.2) is 0 Å². The van der Waals surface area contributed by atoms with Gasteiger partial charge < -0.3 is 5.11 Å². The number of halogens is 1. The quantitative estimate of drug-likeness (QED) is 0.902. The molecule has 0 bridgehead atoms. The van der Waals surface area contributed by atoms with Crippen LogP contribution in [0.15, 0.2) is 29.3 Å². The summed E-state index contributed by atoms with van der Waals surface area (Å²) in [7, 11) is 0. The number of rotatable bonds is 4. The number of aliphatic carboxylic acids is 1. The van der Waals surface area contributed by atoms with Gasteiger partial charge in [0.2, 0.25) is 0 Å². The Morgan fingerprint density at radius 1 is 1.41 bits per heavy atom. The molecule has 1 rings (SSSR count). The molecule has 1 aromatic rings. The van der Waals surface area contributed by atoms with E-state index in [1.807, 2.05) is 39.0 Å². The first-order chi connectivity index (χ1) is 7.72. The minimum absolute atomic E-state index is 0.110. The van der Waals surface area contributed by atoms with E-state index in [-0.39, 0.29) is 11.8 Å². The molecule has 92 valence electrons. The summed E-state index contributed by atoms with van der Waals surface area (Å²) < 4.78 is 0.950. The van der Waals surface area contributed by atoms with Crippen molar-refractivity contribution in [1.29, 1.82) is 0 Å². The Kier molecular flexibility index (Phi) is 4.15. The molecule has 0 radical (unpaired) electrons.